The van der Waals surface area contributed by atoms with Crippen LogP contribution in [0, 0.1) is 0 Å². The van der Waals surface area contributed by atoms with Crippen LogP contribution < -0.4 is 5.32 Å². The van der Waals surface area contributed by atoms with Crippen LogP contribution in [-0.4, -0.2) is 23.2 Å². The van der Waals surface area contributed by atoms with Gasteiger partial charge in [-0.15, -0.1) is 23.1 Å². The third-order valence-corrected chi connectivity index (χ3v) is 4.40. The molecule has 0 spiro atoms. The first-order valence-corrected chi connectivity index (χ1v) is 7.54. The van der Waals surface area contributed by atoms with Crippen LogP contribution in [0.5, 0.6) is 0 Å². The van der Waals surface area contributed by atoms with Gasteiger partial charge in [-0.25, -0.2) is 0 Å². The molecule has 0 saturated heterocycles. The van der Waals surface area contributed by atoms with E-state index in [2.05, 4.69) is 10.3 Å². The molecule has 1 amide bonds. The van der Waals surface area contributed by atoms with Crippen molar-refractivity contribution < 1.29 is 4.79 Å². The van der Waals surface area contributed by atoms with Crippen LogP contribution in [0.4, 0.5) is 0 Å². The molecule has 0 unspecified atom stereocenters. The molecule has 1 N–H and O–H groups in total. The number of amides is 1. The molecule has 0 aromatic carbocycles. The fourth-order valence-electron chi connectivity index (χ4n) is 1.41. The molecule has 0 aliphatic rings. The van der Waals surface area contributed by atoms with Crippen LogP contribution in [0.25, 0.3) is 0 Å². The Hall–Kier alpha value is -1.33. The summed E-state index contributed by atoms with van der Waals surface area (Å²) in [7, 11) is 0. The van der Waals surface area contributed by atoms with Crippen LogP contribution in [0.15, 0.2) is 46.1 Å². The van der Waals surface area contributed by atoms with E-state index in [0.717, 1.165) is 12.1 Å². The van der Waals surface area contributed by atoms with E-state index in [-0.39, 0.29) is 5.91 Å². The Labute approximate surface area is 115 Å². The Morgan fingerprint density at radius 1 is 1.33 bits per heavy atom. The van der Waals surface area contributed by atoms with E-state index in [9.17, 15) is 4.79 Å². The zero-order valence-corrected chi connectivity index (χ0v) is 11.5. The lowest BCUT2D eigenvalue weighted by atomic mass is 10.3. The number of carbonyl (C=O) groups is 1. The summed E-state index contributed by atoms with van der Waals surface area (Å²) in [5.74, 6) is 0.548. The zero-order valence-electron chi connectivity index (χ0n) is 9.83. The van der Waals surface area contributed by atoms with Gasteiger partial charge in [0.05, 0.1) is 9.96 Å². The van der Waals surface area contributed by atoms with Gasteiger partial charge in [0.25, 0.3) is 0 Å². The second-order valence-electron chi connectivity index (χ2n) is 3.64. The average Bonchev–Trinajstić information content (AvgIpc) is 2.91. The van der Waals surface area contributed by atoms with Gasteiger partial charge in [0.2, 0.25) is 5.91 Å². The molecule has 2 rings (SSSR count). The van der Waals surface area contributed by atoms with Crippen molar-refractivity contribution in [3.05, 3.63) is 47.6 Å². The number of carbonyl (C=O) groups excluding carboxylic acids is 1. The largest absolute Gasteiger partial charge is 0.355 e. The number of hydrogen-bond acceptors (Lipinski definition) is 4. The smallest absolute Gasteiger partial charge is 0.230 e. The third kappa shape index (κ3) is 4.50. The standard InChI is InChI=1S/C13H14N2OS2/c16-12(10-18-13-5-3-9-17-13)15-8-6-11-4-1-2-7-14-11/h1-5,7,9H,6,8,10H2,(H,15,16). The van der Waals surface area contributed by atoms with Crippen LogP contribution >= 0.6 is 23.1 Å². The van der Waals surface area contributed by atoms with Crippen LogP contribution in [0.3, 0.4) is 0 Å². The highest BCUT2D eigenvalue weighted by atomic mass is 32.2. The minimum atomic E-state index is 0.0735. The van der Waals surface area contributed by atoms with Crippen molar-refractivity contribution in [1.82, 2.24) is 10.3 Å². The Morgan fingerprint density at radius 2 is 2.28 bits per heavy atom. The van der Waals surface area contributed by atoms with E-state index in [1.807, 2.05) is 35.7 Å². The number of aromatic nitrogens is 1. The normalized spacial score (nSPS) is 10.2. The Balaban J connectivity index is 1.63. The first kappa shape index (κ1) is 13.1. The molecule has 0 atom stereocenters. The molecule has 2 heterocycles. The molecular formula is C13H14N2OS2. The van der Waals surface area contributed by atoms with E-state index in [1.54, 1.807) is 29.3 Å². The SMILES string of the molecule is O=C(CSc1cccs1)NCCc1ccccn1. The predicted octanol–water partition coefficient (Wildman–Crippen LogP) is 2.59. The van der Waals surface area contributed by atoms with Crippen molar-refractivity contribution in [3.8, 4) is 0 Å². The van der Waals surface area contributed by atoms with Gasteiger partial charge in [-0.05, 0) is 23.6 Å². The number of nitrogens with zero attached hydrogens (tertiary/aromatic N) is 1. The maximum atomic E-state index is 11.6. The van der Waals surface area contributed by atoms with Gasteiger partial charge < -0.3 is 5.32 Å². The summed E-state index contributed by atoms with van der Waals surface area (Å²) >= 11 is 3.23. The maximum Gasteiger partial charge on any atom is 0.230 e. The fourth-order valence-corrected chi connectivity index (χ4v) is 3.02. The topological polar surface area (TPSA) is 42.0 Å². The molecule has 0 bridgehead atoms. The first-order chi connectivity index (χ1) is 8.84. The summed E-state index contributed by atoms with van der Waals surface area (Å²) in [5.41, 5.74) is 1.00. The van der Waals surface area contributed by atoms with Crippen LogP contribution in [-0.2, 0) is 11.2 Å². The number of thiophene rings is 1. The van der Waals surface area contributed by atoms with Crippen molar-refractivity contribution in [1.29, 1.82) is 0 Å². The molecular weight excluding hydrogens is 264 g/mol. The summed E-state index contributed by atoms with van der Waals surface area (Å²) in [6.07, 6.45) is 2.54. The molecule has 3 nitrogen and oxygen atoms in total. The second kappa shape index (κ2) is 7.18. The summed E-state index contributed by atoms with van der Waals surface area (Å²) in [4.78, 5) is 15.8. The maximum absolute atomic E-state index is 11.6. The second-order valence-corrected chi connectivity index (χ2v) is 5.87. The lowest BCUT2D eigenvalue weighted by Gasteiger charge is -2.04. The minimum Gasteiger partial charge on any atom is -0.355 e. The van der Waals surface area contributed by atoms with Crippen molar-refractivity contribution in [2.24, 2.45) is 0 Å². The van der Waals surface area contributed by atoms with Gasteiger partial charge in [0.1, 0.15) is 0 Å². The molecule has 2 aromatic heterocycles. The first-order valence-electron chi connectivity index (χ1n) is 5.67. The Kier molecular flexibility index (Phi) is 5.23. The lowest BCUT2D eigenvalue weighted by Crippen LogP contribution is -2.27. The van der Waals surface area contributed by atoms with Crippen LogP contribution in [0.2, 0.25) is 0 Å². The molecule has 18 heavy (non-hydrogen) atoms. The van der Waals surface area contributed by atoms with Crippen molar-refractivity contribution in [2.45, 2.75) is 10.6 Å². The van der Waals surface area contributed by atoms with Gasteiger partial charge in [-0.3, -0.25) is 9.78 Å². The van der Waals surface area contributed by atoms with Gasteiger partial charge in [-0.1, -0.05) is 12.1 Å². The molecule has 0 radical (unpaired) electrons. The van der Waals surface area contributed by atoms with Gasteiger partial charge in [0, 0.05) is 24.9 Å². The van der Waals surface area contributed by atoms with Gasteiger partial charge >= 0.3 is 0 Å². The number of pyridine rings is 1. The minimum absolute atomic E-state index is 0.0735. The summed E-state index contributed by atoms with van der Waals surface area (Å²) in [5, 5.41) is 4.91. The Bertz CT molecular complexity index is 471. The quantitative estimate of drug-likeness (QED) is 0.826. The van der Waals surface area contributed by atoms with E-state index in [1.165, 1.54) is 4.21 Å². The summed E-state index contributed by atoms with van der Waals surface area (Å²) in [6, 6.07) is 9.82. The van der Waals surface area contributed by atoms with Crippen molar-refractivity contribution in [3.63, 3.8) is 0 Å². The highest BCUT2D eigenvalue weighted by molar-refractivity contribution is 8.01. The van der Waals surface area contributed by atoms with Gasteiger partial charge in [0.15, 0.2) is 0 Å². The van der Waals surface area contributed by atoms with E-state index in [4.69, 9.17) is 0 Å². The summed E-state index contributed by atoms with van der Waals surface area (Å²) < 4.78 is 1.18. The lowest BCUT2D eigenvalue weighted by molar-refractivity contribution is -0.118. The fraction of sp³-hybridized carbons (Fsp3) is 0.231. The van der Waals surface area contributed by atoms with Crippen molar-refractivity contribution >= 4 is 29.0 Å². The number of hydrogen-bond donors (Lipinski definition) is 1. The number of thioether (sulfide) groups is 1. The molecule has 2 aromatic rings. The molecule has 0 fully saturated rings. The number of nitrogens with one attached hydrogen (secondary N) is 1. The molecule has 0 aliphatic heterocycles. The van der Waals surface area contributed by atoms with Gasteiger partial charge in [-0.2, -0.15) is 0 Å². The monoisotopic (exact) mass is 278 g/mol. The molecule has 94 valence electrons. The molecule has 5 heteroatoms. The number of rotatable bonds is 6. The molecule has 0 saturated carbocycles. The highest BCUT2D eigenvalue weighted by Gasteiger charge is 2.03. The van der Waals surface area contributed by atoms with E-state index in [0.29, 0.717) is 12.3 Å². The third-order valence-electron chi connectivity index (χ3n) is 2.27. The van der Waals surface area contributed by atoms with E-state index < -0.39 is 0 Å². The average molecular weight is 278 g/mol. The zero-order chi connectivity index (χ0) is 12.6. The predicted molar refractivity (Wildman–Crippen MR) is 76.0 cm³/mol. The summed E-state index contributed by atoms with van der Waals surface area (Å²) in [6.45, 7) is 0.640. The van der Waals surface area contributed by atoms with E-state index >= 15 is 0 Å². The Morgan fingerprint density at radius 3 is 3.00 bits per heavy atom. The highest BCUT2D eigenvalue weighted by Crippen LogP contribution is 2.22. The van der Waals surface area contributed by atoms with Crippen LogP contribution in [0.1, 0.15) is 5.69 Å². The van der Waals surface area contributed by atoms with Crippen molar-refractivity contribution in [2.75, 3.05) is 12.3 Å². The molecule has 0 aliphatic carbocycles.